The number of amides is 1. The summed E-state index contributed by atoms with van der Waals surface area (Å²) in [5.41, 5.74) is 2.78. The Hall–Kier alpha value is -3.81. The highest BCUT2D eigenvalue weighted by Crippen LogP contribution is 2.27. The Morgan fingerprint density at radius 2 is 1.77 bits per heavy atom. The molecule has 2 heterocycles. The van der Waals surface area contributed by atoms with E-state index in [1.54, 1.807) is 4.68 Å². The number of nitrogens with zero attached hydrogens (tertiary/aromatic N) is 3. The molecule has 0 spiro atoms. The Bertz CT molecular complexity index is 1210. The van der Waals surface area contributed by atoms with Gasteiger partial charge >= 0.3 is 0 Å². The molecule has 0 unspecified atom stereocenters. The average molecular weight is 422 g/mol. The maximum Gasteiger partial charge on any atom is 0.224 e. The smallest absolute Gasteiger partial charge is 0.224 e. The van der Waals surface area contributed by atoms with Crippen LogP contribution in [-0.2, 0) is 11.2 Å². The fourth-order valence-electron chi connectivity index (χ4n) is 3.34. The molecule has 158 valence electrons. The van der Waals surface area contributed by atoms with Crippen molar-refractivity contribution in [2.75, 3.05) is 5.32 Å². The Labute approximate surface area is 177 Å². The van der Waals surface area contributed by atoms with Crippen molar-refractivity contribution in [3.05, 3.63) is 83.6 Å². The van der Waals surface area contributed by atoms with Gasteiger partial charge in [0.1, 0.15) is 11.6 Å². The Morgan fingerprint density at radius 3 is 2.48 bits per heavy atom. The molecule has 0 fully saturated rings. The van der Waals surface area contributed by atoms with Gasteiger partial charge in [0.2, 0.25) is 5.91 Å². The SMILES string of the molecule is Cc1nn(-c2ccccc2)c(C)c1NC(=O)CCc1ncc(-c2c(F)cccc2F)o1. The van der Waals surface area contributed by atoms with Crippen molar-refractivity contribution >= 4 is 11.6 Å². The Morgan fingerprint density at radius 1 is 1.06 bits per heavy atom. The topological polar surface area (TPSA) is 73.0 Å². The summed E-state index contributed by atoms with van der Waals surface area (Å²) < 4.78 is 35.0. The molecule has 1 N–H and O–H groups in total. The van der Waals surface area contributed by atoms with Crippen LogP contribution in [0.1, 0.15) is 23.7 Å². The fourth-order valence-corrected chi connectivity index (χ4v) is 3.34. The molecule has 1 amide bonds. The summed E-state index contributed by atoms with van der Waals surface area (Å²) in [7, 11) is 0. The first-order valence-corrected chi connectivity index (χ1v) is 9.74. The van der Waals surface area contributed by atoms with E-state index >= 15 is 0 Å². The second-order valence-electron chi connectivity index (χ2n) is 7.06. The van der Waals surface area contributed by atoms with Crippen LogP contribution in [0, 0.1) is 25.5 Å². The maximum atomic E-state index is 13.9. The zero-order valence-corrected chi connectivity index (χ0v) is 17.0. The molecule has 31 heavy (non-hydrogen) atoms. The number of oxazole rings is 1. The molecular formula is C23H20F2N4O2. The molecule has 2 aromatic heterocycles. The van der Waals surface area contributed by atoms with E-state index in [2.05, 4.69) is 15.4 Å². The van der Waals surface area contributed by atoms with Gasteiger partial charge in [-0.05, 0) is 38.1 Å². The number of aromatic nitrogens is 3. The Kier molecular flexibility index (Phi) is 5.62. The summed E-state index contributed by atoms with van der Waals surface area (Å²) >= 11 is 0. The number of hydrogen-bond acceptors (Lipinski definition) is 4. The van der Waals surface area contributed by atoms with Gasteiger partial charge in [-0.2, -0.15) is 5.10 Å². The molecule has 8 heteroatoms. The van der Waals surface area contributed by atoms with Crippen molar-refractivity contribution in [2.24, 2.45) is 0 Å². The van der Waals surface area contributed by atoms with Crippen LogP contribution in [0.15, 0.2) is 59.1 Å². The standard InChI is InChI=1S/C23H20F2N4O2/c1-14-23(15(2)29(28-14)16-7-4-3-5-8-16)27-20(30)11-12-21-26-13-19(31-21)22-17(24)9-6-10-18(22)25/h3-10,13H,11-12H2,1-2H3,(H,27,30). The van der Waals surface area contributed by atoms with Crippen LogP contribution in [0.25, 0.3) is 17.0 Å². The number of aryl methyl sites for hydroxylation is 2. The van der Waals surface area contributed by atoms with E-state index in [1.165, 1.54) is 12.3 Å². The van der Waals surface area contributed by atoms with Crippen LogP contribution in [-0.4, -0.2) is 20.7 Å². The number of nitrogens with one attached hydrogen (secondary N) is 1. The van der Waals surface area contributed by atoms with E-state index in [0.29, 0.717) is 11.4 Å². The van der Waals surface area contributed by atoms with Crippen molar-refractivity contribution in [2.45, 2.75) is 26.7 Å². The lowest BCUT2D eigenvalue weighted by atomic mass is 10.1. The van der Waals surface area contributed by atoms with Gasteiger partial charge < -0.3 is 9.73 Å². The average Bonchev–Trinajstić information content (AvgIpc) is 3.33. The van der Waals surface area contributed by atoms with Gasteiger partial charge in [-0.15, -0.1) is 0 Å². The summed E-state index contributed by atoms with van der Waals surface area (Å²) in [4.78, 5) is 16.5. The quantitative estimate of drug-likeness (QED) is 0.475. The van der Waals surface area contributed by atoms with Gasteiger partial charge in [0, 0.05) is 12.8 Å². The first kappa shape index (κ1) is 20.5. The predicted octanol–water partition coefficient (Wildman–Crippen LogP) is 4.99. The third kappa shape index (κ3) is 4.23. The predicted molar refractivity (Wildman–Crippen MR) is 112 cm³/mol. The van der Waals surface area contributed by atoms with Gasteiger partial charge in [0.25, 0.3) is 0 Å². The minimum absolute atomic E-state index is 0.0122. The van der Waals surface area contributed by atoms with Crippen LogP contribution in [0.5, 0.6) is 0 Å². The first-order valence-electron chi connectivity index (χ1n) is 9.74. The van der Waals surface area contributed by atoms with Crippen molar-refractivity contribution in [1.82, 2.24) is 14.8 Å². The number of para-hydroxylation sites is 1. The lowest BCUT2D eigenvalue weighted by Gasteiger charge is -2.06. The van der Waals surface area contributed by atoms with Gasteiger partial charge in [-0.25, -0.2) is 18.4 Å². The molecule has 6 nitrogen and oxygen atoms in total. The molecule has 0 saturated carbocycles. The summed E-state index contributed by atoms with van der Waals surface area (Å²) in [6.07, 6.45) is 1.54. The lowest BCUT2D eigenvalue weighted by Crippen LogP contribution is -2.13. The number of benzene rings is 2. The van der Waals surface area contributed by atoms with Gasteiger partial charge in [-0.1, -0.05) is 24.3 Å². The molecule has 0 atom stereocenters. The van der Waals surface area contributed by atoms with Crippen molar-refractivity contribution in [3.63, 3.8) is 0 Å². The second-order valence-corrected chi connectivity index (χ2v) is 7.06. The van der Waals surface area contributed by atoms with Crippen molar-refractivity contribution in [1.29, 1.82) is 0 Å². The third-order valence-corrected chi connectivity index (χ3v) is 4.89. The molecule has 0 bridgehead atoms. The molecule has 0 saturated heterocycles. The molecule has 0 aliphatic heterocycles. The monoisotopic (exact) mass is 422 g/mol. The van der Waals surface area contributed by atoms with Crippen LogP contribution >= 0.6 is 0 Å². The van der Waals surface area contributed by atoms with E-state index < -0.39 is 11.6 Å². The molecule has 0 aliphatic carbocycles. The summed E-state index contributed by atoms with van der Waals surface area (Å²) in [5.74, 6) is -1.50. The highest BCUT2D eigenvalue weighted by atomic mass is 19.1. The van der Waals surface area contributed by atoms with E-state index in [-0.39, 0.29) is 36.0 Å². The molecule has 2 aromatic carbocycles. The number of carbonyl (C=O) groups is 1. The number of carbonyl (C=O) groups excluding carboxylic acids is 1. The van der Waals surface area contributed by atoms with Crippen LogP contribution in [0.4, 0.5) is 14.5 Å². The lowest BCUT2D eigenvalue weighted by molar-refractivity contribution is -0.116. The summed E-state index contributed by atoms with van der Waals surface area (Å²) in [5, 5.41) is 7.39. The molecule has 4 aromatic rings. The van der Waals surface area contributed by atoms with Crippen molar-refractivity contribution < 1.29 is 18.0 Å². The van der Waals surface area contributed by atoms with E-state index in [4.69, 9.17) is 4.42 Å². The minimum Gasteiger partial charge on any atom is -0.441 e. The van der Waals surface area contributed by atoms with Gasteiger partial charge in [0.05, 0.1) is 34.5 Å². The third-order valence-electron chi connectivity index (χ3n) is 4.89. The summed E-state index contributed by atoms with van der Waals surface area (Å²) in [6, 6.07) is 13.2. The van der Waals surface area contributed by atoms with Crippen molar-refractivity contribution in [3.8, 4) is 17.0 Å². The van der Waals surface area contributed by atoms with Crippen LogP contribution < -0.4 is 5.32 Å². The fraction of sp³-hybridized carbons (Fsp3) is 0.174. The number of halogens is 2. The normalized spacial score (nSPS) is 11.0. The Balaban J connectivity index is 1.43. The largest absolute Gasteiger partial charge is 0.441 e. The summed E-state index contributed by atoms with van der Waals surface area (Å²) in [6.45, 7) is 3.71. The van der Waals surface area contributed by atoms with E-state index in [0.717, 1.165) is 23.5 Å². The minimum atomic E-state index is -0.734. The first-order chi connectivity index (χ1) is 14.9. The number of anilines is 1. The van der Waals surface area contributed by atoms with Gasteiger partial charge in [-0.3, -0.25) is 4.79 Å². The highest BCUT2D eigenvalue weighted by molar-refractivity contribution is 5.92. The highest BCUT2D eigenvalue weighted by Gasteiger charge is 2.18. The van der Waals surface area contributed by atoms with Gasteiger partial charge in [0.15, 0.2) is 11.7 Å². The molecule has 0 aliphatic rings. The molecule has 0 radical (unpaired) electrons. The zero-order chi connectivity index (χ0) is 22.0. The zero-order valence-electron chi connectivity index (χ0n) is 17.0. The van der Waals surface area contributed by atoms with E-state index in [9.17, 15) is 13.6 Å². The maximum absolute atomic E-state index is 13.9. The number of hydrogen-bond donors (Lipinski definition) is 1. The second kappa shape index (κ2) is 8.51. The molecule has 4 rings (SSSR count). The van der Waals surface area contributed by atoms with E-state index in [1.807, 2.05) is 44.2 Å². The van der Waals surface area contributed by atoms with Crippen LogP contribution in [0.2, 0.25) is 0 Å². The molecular weight excluding hydrogens is 402 g/mol. The number of rotatable bonds is 6. The van der Waals surface area contributed by atoms with Crippen LogP contribution in [0.3, 0.4) is 0 Å².